The zero-order valence-electron chi connectivity index (χ0n) is 33.3. The predicted molar refractivity (Wildman–Crippen MR) is 209 cm³/mol. The summed E-state index contributed by atoms with van der Waals surface area (Å²) in [5.74, 6) is -7.00. The molecular formula is C41H53N7O10. The number of primary amides is 1. The van der Waals surface area contributed by atoms with E-state index < -0.39 is 89.5 Å². The Balaban J connectivity index is 1.51. The second kappa shape index (κ2) is 20.3. The molecule has 4 rings (SSSR count). The number of ether oxygens (including phenoxy) is 1. The molecule has 0 aromatic heterocycles. The van der Waals surface area contributed by atoms with E-state index in [1.807, 2.05) is 0 Å². The maximum absolute atomic E-state index is 14.1. The first-order valence-corrected chi connectivity index (χ1v) is 19.5. The molecule has 8 amide bonds. The first-order valence-electron chi connectivity index (χ1n) is 19.5. The molecule has 17 heteroatoms. The number of nitrogens with zero attached hydrogens (tertiary/aromatic N) is 1. The Labute approximate surface area is 336 Å². The smallest absolute Gasteiger partial charge is 0.408 e. The number of imide groups is 1. The van der Waals surface area contributed by atoms with Crippen molar-refractivity contribution in [2.45, 2.75) is 109 Å². The average Bonchev–Trinajstić information content (AvgIpc) is 3.43. The molecule has 1 saturated carbocycles. The number of rotatable bonds is 18. The maximum atomic E-state index is 14.1. The molecule has 1 heterocycles. The second-order valence-electron chi connectivity index (χ2n) is 15.4. The van der Waals surface area contributed by atoms with Crippen LogP contribution in [0.2, 0.25) is 0 Å². The minimum Gasteiger partial charge on any atom is -0.444 e. The molecule has 3 unspecified atom stereocenters. The number of benzene rings is 2. The third-order valence-corrected chi connectivity index (χ3v) is 9.79. The highest BCUT2D eigenvalue weighted by atomic mass is 16.6. The molecule has 0 saturated heterocycles. The van der Waals surface area contributed by atoms with Crippen molar-refractivity contribution in [2.24, 2.45) is 11.7 Å². The fourth-order valence-electron chi connectivity index (χ4n) is 6.94. The van der Waals surface area contributed by atoms with Crippen LogP contribution in [0.4, 0.5) is 4.79 Å². The van der Waals surface area contributed by atoms with Gasteiger partial charge in [0.2, 0.25) is 29.4 Å². The largest absolute Gasteiger partial charge is 0.444 e. The third kappa shape index (κ3) is 12.2. The van der Waals surface area contributed by atoms with Crippen LogP contribution in [0.3, 0.4) is 0 Å². The van der Waals surface area contributed by atoms with E-state index in [-0.39, 0.29) is 36.4 Å². The molecule has 58 heavy (non-hydrogen) atoms. The highest BCUT2D eigenvalue weighted by Crippen LogP contribution is 2.28. The summed E-state index contributed by atoms with van der Waals surface area (Å²) in [5.41, 5.74) is 5.39. The summed E-state index contributed by atoms with van der Waals surface area (Å²) in [6.45, 7) is 5.75. The SMILES string of the molecule is CCCC(NC(=O)C(CCN1C(=O)c2ccccc2C1=O)NC(=O)C(NC(=O)OC(C)(C)C)C1CCCCC1)C(=O)C(=O)NCC(=O)N[C@H](C(N)=O)c1ccccc1. The van der Waals surface area contributed by atoms with E-state index in [0.29, 0.717) is 24.8 Å². The van der Waals surface area contributed by atoms with Crippen molar-refractivity contribution >= 4 is 53.2 Å². The fourth-order valence-corrected chi connectivity index (χ4v) is 6.94. The van der Waals surface area contributed by atoms with E-state index in [1.54, 1.807) is 70.2 Å². The number of ketones is 1. The quantitative estimate of drug-likeness (QED) is 0.0944. The van der Waals surface area contributed by atoms with Crippen LogP contribution in [0.5, 0.6) is 0 Å². The molecule has 1 aliphatic carbocycles. The number of carbonyl (C=O) groups excluding carboxylic acids is 9. The van der Waals surface area contributed by atoms with Crippen molar-refractivity contribution in [3.63, 3.8) is 0 Å². The predicted octanol–water partition coefficient (Wildman–Crippen LogP) is 1.94. The summed E-state index contributed by atoms with van der Waals surface area (Å²) in [7, 11) is 0. The Morgan fingerprint density at radius 1 is 0.776 bits per heavy atom. The molecule has 0 bridgehead atoms. The first kappa shape index (κ1) is 44.6. The van der Waals surface area contributed by atoms with Crippen LogP contribution in [0, 0.1) is 5.92 Å². The van der Waals surface area contributed by atoms with Gasteiger partial charge in [-0.15, -0.1) is 0 Å². The lowest BCUT2D eigenvalue weighted by molar-refractivity contribution is -0.141. The van der Waals surface area contributed by atoms with E-state index in [0.717, 1.165) is 24.2 Å². The Bertz CT molecular complexity index is 1840. The number of amides is 8. The van der Waals surface area contributed by atoms with Gasteiger partial charge in [0.15, 0.2) is 0 Å². The highest BCUT2D eigenvalue weighted by molar-refractivity contribution is 6.38. The van der Waals surface area contributed by atoms with Crippen molar-refractivity contribution in [1.82, 2.24) is 31.5 Å². The number of Topliss-reactive ketones (excluding diaryl/α,β-unsaturated/α-hetero) is 1. The van der Waals surface area contributed by atoms with Crippen molar-refractivity contribution in [2.75, 3.05) is 13.1 Å². The van der Waals surface area contributed by atoms with Gasteiger partial charge in [0.25, 0.3) is 17.7 Å². The number of nitrogens with one attached hydrogen (secondary N) is 5. The van der Waals surface area contributed by atoms with Crippen molar-refractivity contribution < 1.29 is 47.9 Å². The molecule has 4 atom stereocenters. The van der Waals surface area contributed by atoms with Gasteiger partial charge < -0.3 is 37.1 Å². The van der Waals surface area contributed by atoms with Gasteiger partial charge in [-0.1, -0.05) is 75.1 Å². The van der Waals surface area contributed by atoms with E-state index >= 15 is 0 Å². The van der Waals surface area contributed by atoms with Gasteiger partial charge in [0.1, 0.15) is 23.7 Å². The Hall–Kier alpha value is -6.13. The molecule has 2 aliphatic rings. The van der Waals surface area contributed by atoms with E-state index in [1.165, 1.54) is 12.1 Å². The minimum atomic E-state index is -1.45. The average molecular weight is 804 g/mol. The van der Waals surface area contributed by atoms with Gasteiger partial charge in [-0.3, -0.25) is 43.3 Å². The van der Waals surface area contributed by atoms with Gasteiger partial charge in [-0.25, -0.2) is 4.79 Å². The zero-order valence-corrected chi connectivity index (χ0v) is 33.3. The fraction of sp³-hybridized carbons (Fsp3) is 0.488. The molecule has 312 valence electrons. The molecule has 0 radical (unpaired) electrons. The van der Waals surface area contributed by atoms with E-state index in [2.05, 4.69) is 26.6 Å². The van der Waals surface area contributed by atoms with Crippen LogP contribution < -0.4 is 32.3 Å². The molecular weight excluding hydrogens is 750 g/mol. The molecule has 2 aromatic rings. The van der Waals surface area contributed by atoms with Crippen molar-refractivity contribution in [1.29, 1.82) is 0 Å². The normalized spacial score (nSPS) is 16.2. The molecule has 17 nitrogen and oxygen atoms in total. The highest BCUT2D eigenvalue weighted by Gasteiger charge is 2.39. The Kier molecular flexibility index (Phi) is 15.6. The standard InChI is InChI=1S/C41H53N7O10/c1-5-14-28(33(50)37(54)43-23-30(49)46-31(34(42)51)24-15-8-6-9-16-24)44-35(52)29(21-22-48-38(55)26-19-12-13-20-27(26)39(48)56)45-36(53)32(25-17-10-7-11-18-25)47-40(57)58-41(2,3)4/h6,8-9,12-13,15-16,19-20,25,28-29,31-32H,5,7,10-11,14,17-18,21-23H2,1-4H3,(H2,42,51)(H,43,54)(H,44,52)(H,45,53)(H,46,49)(H,47,57)/t28?,29?,31-,32?/m0/s1. The molecule has 1 fully saturated rings. The van der Waals surface area contributed by atoms with Crippen LogP contribution in [0.25, 0.3) is 0 Å². The van der Waals surface area contributed by atoms with Crippen LogP contribution in [-0.2, 0) is 33.5 Å². The van der Waals surface area contributed by atoms with E-state index in [9.17, 15) is 43.2 Å². The third-order valence-electron chi connectivity index (χ3n) is 9.79. The van der Waals surface area contributed by atoms with Gasteiger partial charge in [0.05, 0.1) is 23.7 Å². The maximum Gasteiger partial charge on any atom is 0.408 e. The zero-order chi connectivity index (χ0) is 42.6. The molecule has 2 aromatic carbocycles. The second-order valence-corrected chi connectivity index (χ2v) is 15.4. The lowest BCUT2D eigenvalue weighted by atomic mass is 9.83. The van der Waals surface area contributed by atoms with Crippen LogP contribution in [0.15, 0.2) is 54.6 Å². The Morgan fingerprint density at radius 2 is 1.36 bits per heavy atom. The lowest BCUT2D eigenvalue weighted by Gasteiger charge is -2.32. The minimum absolute atomic E-state index is 0.00802. The Morgan fingerprint density at radius 3 is 1.93 bits per heavy atom. The number of hydrogen-bond acceptors (Lipinski definition) is 10. The van der Waals surface area contributed by atoms with Gasteiger partial charge in [-0.2, -0.15) is 0 Å². The van der Waals surface area contributed by atoms with Gasteiger partial charge in [0, 0.05) is 6.54 Å². The van der Waals surface area contributed by atoms with E-state index in [4.69, 9.17) is 10.5 Å². The van der Waals surface area contributed by atoms with Gasteiger partial charge >= 0.3 is 6.09 Å². The summed E-state index contributed by atoms with van der Waals surface area (Å²) in [5, 5.41) is 12.5. The summed E-state index contributed by atoms with van der Waals surface area (Å²) >= 11 is 0. The topological polar surface area (TPSA) is 252 Å². The number of fused-ring (bicyclic) bond motifs is 1. The summed E-state index contributed by atoms with van der Waals surface area (Å²) in [6.07, 6.45) is 3.04. The number of alkyl carbamates (subject to hydrolysis) is 1. The first-order chi connectivity index (χ1) is 27.5. The summed E-state index contributed by atoms with van der Waals surface area (Å²) < 4.78 is 5.43. The van der Waals surface area contributed by atoms with Crippen LogP contribution in [-0.4, -0.2) is 94.9 Å². The number of carbonyl (C=O) groups is 9. The number of nitrogens with two attached hydrogens (primary N) is 1. The molecule has 7 N–H and O–H groups in total. The monoisotopic (exact) mass is 803 g/mol. The van der Waals surface area contributed by atoms with Crippen molar-refractivity contribution in [3.8, 4) is 0 Å². The summed E-state index contributed by atoms with van der Waals surface area (Å²) in [6, 6.07) is 9.26. The summed E-state index contributed by atoms with van der Waals surface area (Å²) in [4.78, 5) is 120. The molecule has 0 spiro atoms. The molecule has 1 aliphatic heterocycles. The van der Waals surface area contributed by atoms with Crippen LogP contribution in [0.1, 0.15) is 111 Å². The van der Waals surface area contributed by atoms with Crippen LogP contribution >= 0.6 is 0 Å². The van der Waals surface area contributed by atoms with Gasteiger partial charge in [-0.05, 0) is 70.1 Å². The lowest BCUT2D eigenvalue weighted by Crippen LogP contribution is -2.59. The number of hydrogen-bond donors (Lipinski definition) is 6. The van der Waals surface area contributed by atoms with Crippen molar-refractivity contribution in [3.05, 3.63) is 71.3 Å².